The molecule has 0 spiro atoms. The van der Waals surface area contributed by atoms with Gasteiger partial charge in [0.15, 0.2) is 0 Å². The van der Waals surface area contributed by atoms with Crippen LogP contribution in [0, 0.1) is 13.8 Å². The normalized spacial score (nSPS) is 21.3. The summed E-state index contributed by atoms with van der Waals surface area (Å²) >= 11 is 0. The van der Waals surface area contributed by atoms with Gasteiger partial charge in [0.25, 0.3) is 0 Å². The second kappa shape index (κ2) is 7.37. The van der Waals surface area contributed by atoms with E-state index >= 15 is 0 Å². The van der Waals surface area contributed by atoms with Crippen LogP contribution in [-0.2, 0) is 9.53 Å². The number of morpholine rings is 1. The van der Waals surface area contributed by atoms with Crippen molar-refractivity contribution < 1.29 is 9.53 Å². The fourth-order valence-electron chi connectivity index (χ4n) is 3.44. The van der Waals surface area contributed by atoms with Crippen molar-refractivity contribution in [3.8, 4) is 5.69 Å². The molecular formula is C19H26N4O2. The number of carbonyl (C=O) groups is 1. The molecule has 1 aliphatic rings. The molecule has 0 bridgehead atoms. The molecule has 1 fully saturated rings. The van der Waals surface area contributed by atoms with Crippen molar-refractivity contribution in [3.05, 3.63) is 41.7 Å². The Hall–Kier alpha value is -2.18. The minimum Gasteiger partial charge on any atom is -0.373 e. The lowest BCUT2D eigenvalue weighted by Crippen LogP contribution is -2.48. The molecule has 0 aliphatic carbocycles. The lowest BCUT2D eigenvalue weighted by Gasteiger charge is -2.34. The van der Waals surface area contributed by atoms with Gasteiger partial charge in [-0.2, -0.15) is 5.10 Å². The number of aryl methyl sites for hydroxylation is 1. The molecule has 2 aromatic rings. The van der Waals surface area contributed by atoms with E-state index in [2.05, 4.69) is 15.3 Å². The van der Waals surface area contributed by atoms with E-state index in [1.807, 2.05) is 62.7 Å². The third-order valence-corrected chi connectivity index (χ3v) is 4.42. The number of nitrogens with zero attached hydrogens (tertiary/aromatic N) is 3. The van der Waals surface area contributed by atoms with Gasteiger partial charge in [0.1, 0.15) is 0 Å². The Morgan fingerprint density at radius 1 is 1.20 bits per heavy atom. The Kier molecular flexibility index (Phi) is 5.20. The molecule has 1 aromatic heterocycles. The van der Waals surface area contributed by atoms with Gasteiger partial charge in [0.05, 0.1) is 41.5 Å². The summed E-state index contributed by atoms with van der Waals surface area (Å²) in [5, 5.41) is 7.61. The maximum absolute atomic E-state index is 12.5. The number of ether oxygens (including phenoxy) is 1. The zero-order valence-electron chi connectivity index (χ0n) is 15.3. The van der Waals surface area contributed by atoms with Gasteiger partial charge in [-0.3, -0.25) is 9.69 Å². The first kappa shape index (κ1) is 17.6. The van der Waals surface area contributed by atoms with E-state index in [9.17, 15) is 4.79 Å². The second-order valence-corrected chi connectivity index (χ2v) is 6.79. The fraction of sp³-hybridized carbons (Fsp3) is 0.474. The third kappa shape index (κ3) is 4.08. The van der Waals surface area contributed by atoms with Crippen molar-refractivity contribution in [2.45, 2.75) is 39.9 Å². The average Bonchev–Trinajstić information content (AvgIpc) is 2.83. The molecular weight excluding hydrogens is 316 g/mol. The zero-order chi connectivity index (χ0) is 18.0. The first-order valence-electron chi connectivity index (χ1n) is 8.73. The smallest absolute Gasteiger partial charge is 0.238 e. The summed E-state index contributed by atoms with van der Waals surface area (Å²) in [5.41, 5.74) is 3.53. The van der Waals surface area contributed by atoms with Crippen LogP contribution in [0.15, 0.2) is 30.3 Å². The van der Waals surface area contributed by atoms with Crippen LogP contribution >= 0.6 is 0 Å². The molecule has 2 atom stereocenters. The van der Waals surface area contributed by atoms with Crippen LogP contribution in [0.1, 0.15) is 25.2 Å². The number of benzene rings is 1. The van der Waals surface area contributed by atoms with Gasteiger partial charge in [-0.1, -0.05) is 18.2 Å². The number of aromatic nitrogens is 2. The average molecular weight is 342 g/mol. The Balaban J connectivity index is 1.70. The van der Waals surface area contributed by atoms with Gasteiger partial charge in [-0.05, 0) is 39.8 Å². The van der Waals surface area contributed by atoms with E-state index in [1.165, 1.54) is 0 Å². The van der Waals surface area contributed by atoms with Crippen LogP contribution in [0.25, 0.3) is 5.69 Å². The van der Waals surface area contributed by atoms with Gasteiger partial charge in [-0.25, -0.2) is 4.68 Å². The number of anilines is 1. The Morgan fingerprint density at radius 3 is 2.48 bits per heavy atom. The van der Waals surface area contributed by atoms with Crippen LogP contribution in [0.3, 0.4) is 0 Å². The fourth-order valence-corrected chi connectivity index (χ4v) is 3.44. The summed E-state index contributed by atoms with van der Waals surface area (Å²) < 4.78 is 7.58. The number of hydrogen-bond acceptors (Lipinski definition) is 4. The first-order chi connectivity index (χ1) is 11.9. The molecule has 0 saturated carbocycles. The van der Waals surface area contributed by atoms with Crippen molar-refractivity contribution >= 4 is 11.6 Å². The van der Waals surface area contributed by atoms with Gasteiger partial charge < -0.3 is 10.1 Å². The van der Waals surface area contributed by atoms with E-state index in [0.717, 1.165) is 35.9 Å². The molecule has 1 aliphatic heterocycles. The van der Waals surface area contributed by atoms with Gasteiger partial charge in [0.2, 0.25) is 5.91 Å². The number of hydrogen-bond donors (Lipinski definition) is 1. The molecule has 1 saturated heterocycles. The quantitative estimate of drug-likeness (QED) is 0.928. The largest absolute Gasteiger partial charge is 0.373 e. The molecule has 1 aromatic carbocycles. The summed E-state index contributed by atoms with van der Waals surface area (Å²) in [7, 11) is 0. The van der Waals surface area contributed by atoms with E-state index in [4.69, 9.17) is 4.74 Å². The Labute approximate surface area is 148 Å². The molecule has 1 N–H and O–H groups in total. The minimum atomic E-state index is -0.0138. The summed E-state index contributed by atoms with van der Waals surface area (Å²) in [6.07, 6.45) is 0.307. The van der Waals surface area contributed by atoms with Crippen LogP contribution in [0.2, 0.25) is 0 Å². The van der Waals surface area contributed by atoms with Gasteiger partial charge in [-0.15, -0.1) is 0 Å². The molecule has 3 rings (SSSR count). The summed E-state index contributed by atoms with van der Waals surface area (Å²) in [6.45, 7) is 9.89. The second-order valence-electron chi connectivity index (χ2n) is 6.79. The lowest BCUT2D eigenvalue weighted by atomic mass is 10.2. The van der Waals surface area contributed by atoms with Crippen molar-refractivity contribution in [2.24, 2.45) is 0 Å². The molecule has 1 amide bonds. The molecule has 0 unspecified atom stereocenters. The standard InChI is InChI=1S/C19H26N4O2/c1-13-10-22(11-14(2)25-13)12-18(24)20-19-15(3)21-23(16(19)4)17-8-6-5-7-9-17/h5-9,13-14H,10-12H2,1-4H3,(H,20,24)/t13-,14-/m1/s1. The van der Waals surface area contributed by atoms with Crippen LogP contribution < -0.4 is 5.32 Å². The highest BCUT2D eigenvalue weighted by molar-refractivity contribution is 5.93. The highest BCUT2D eigenvalue weighted by Gasteiger charge is 2.24. The maximum Gasteiger partial charge on any atom is 0.238 e. The minimum absolute atomic E-state index is 0.0138. The van der Waals surface area contributed by atoms with E-state index in [0.29, 0.717) is 6.54 Å². The maximum atomic E-state index is 12.5. The first-order valence-corrected chi connectivity index (χ1v) is 8.73. The van der Waals surface area contributed by atoms with Crippen molar-refractivity contribution in [1.29, 1.82) is 0 Å². The van der Waals surface area contributed by atoms with E-state index in [1.54, 1.807) is 0 Å². The van der Waals surface area contributed by atoms with Crippen molar-refractivity contribution in [1.82, 2.24) is 14.7 Å². The summed E-state index contributed by atoms with van der Waals surface area (Å²) in [6, 6.07) is 9.93. The van der Waals surface area contributed by atoms with Crippen LogP contribution in [0.4, 0.5) is 5.69 Å². The summed E-state index contributed by atoms with van der Waals surface area (Å²) in [4.78, 5) is 14.7. The predicted octanol–water partition coefficient (Wildman–Crippen LogP) is 2.54. The van der Waals surface area contributed by atoms with Crippen molar-refractivity contribution in [2.75, 3.05) is 25.0 Å². The number of amides is 1. The molecule has 0 radical (unpaired) electrons. The van der Waals surface area contributed by atoms with E-state index in [-0.39, 0.29) is 18.1 Å². The number of para-hydroxylation sites is 1. The SMILES string of the molecule is Cc1nn(-c2ccccc2)c(C)c1NC(=O)CN1C[C@@H](C)O[C@H](C)C1. The monoisotopic (exact) mass is 342 g/mol. The Morgan fingerprint density at radius 2 is 1.84 bits per heavy atom. The predicted molar refractivity (Wildman–Crippen MR) is 98.1 cm³/mol. The van der Waals surface area contributed by atoms with Gasteiger partial charge >= 0.3 is 0 Å². The topological polar surface area (TPSA) is 59.4 Å². The van der Waals surface area contributed by atoms with Gasteiger partial charge in [0, 0.05) is 13.1 Å². The zero-order valence-corrected chi connectivity index (χ0v) is 15.3. The molecule has 134 valence electrons. The number of carbonyl (C=O) groups excluding carboxylic acids is 1. The van der Waals surface area contributed by atoms with Crippen molar-refractivity contribution in [3.63, 3.8) is 0 Å². The molecule has 6 nitrogen and oxygen atoms in total. The van der Waals surface area contributed by atoms with Crippen LogP contribution in [0.5, 0.6) is 0 Å². The number of rotatable bonds is 4. The molecule has 2 heterocycles. The third-order valence-electron chi connectivity index (χ3n) is 4.42. The molecule has 6 heteroatoms. The highest BCUT2D eigenvalue weighted by Crippen LogP contribution is 2.22. The highest BCUT2D eigenvalue weighted by atomic mass is 16.5. The Bertz CT molecular complexity index is 731. The molecule has 25 heavy (non-hydrogen) atoms. The number of nitrogens with one attached hydrogen (secondary N) is 1. The van der Waals surface area contributed by atoms with Crippen LogP contribution in [-0.4, -0.2) is 52.4 Å². The summed E-state index contributed by atoms with van der Waals surface area (Å²) in [5.74, 6) is -0.0138. The van der Waals surface area contributed by atoms with E-state index < -0.39 is 0 Å². The lowest BCUT2D eigenvalue weighted by molar-refractivity contribution is -0.121.